The summed E-state index contributed by atoms with van der Waals surface area (Å²) in [6.45, 7) is 3.29. The van der Waals surface area contributed by atoms with Gasteiger partial charge in [0.15, 0.2) is 0 Å². The molecule has 0 aliphatic carbocycles. The summed E-state index contributed by atoms with van der Waals surface area (Å²) >= 11 is 0. The Labute approximate surface area is 146 Å². The fraction of sp³-hybridized carbons (Fsp3) is 0.294. The lowest BCUT2D eigenvalue weighted by molar-refractivity contribution is -0.114. The van der Waals surface area contributed by atoms with Gasteiger partial charge in [0.2, 0.25) is 15.9 Å². The maximum absolute atomic E-state index is 12.0. The standard InChI is InChI=1S/C17H20N4O3S/c1-12(22)20-14-4-5-16(17(9-14)25(18,23)24)13-8-15(11-19-10-13)21-6-2-3-7-21/h4-5,8-11H,2-3,6-7H2,1H3,(H,20,22)(H2,18,23,24). The van der Waals surface area contributed by atoms with Crippen molar-refractivity contribution < 1.29 is 13.2 Å². The Balaban J connectivity index is 2.07. The van der Waals surface area contributed by atoms with Crippen molar-refractivity contribution in [2.75, 3.05) is 23.3 Å². The molecule has 0 radical (unpaired) electrons. The number of benzene rings is 1. The van der Waals surface area contributed by atoms with Crippen LogP contribution < -0.4 is 15.4 Å². The van der Waals surface area contributed by atoms with E-state index in [1.807, 2.05) is 6.07 Å². The molecule has 3 N–H and O–H groups in total. The van der Waals surface area contributed by atoms with Crippen molar-refractivity contribution in [2.24, 2.45) is 5.14 Å². The normalized spacial score (nSPS) is 14.6. The fourth-order valence-corrected chi connectivity index (χ4v) is 3.78. The number of nitrogens with two attached hydrogens (primary N) is 1. The van der Waals surface area contributed by atoms with E-state index in [2.05, 4.69) is 15.2 Å². The second-order valence-electron chi connectivity index (χ2n) is 6.06. The molecule has 1 fully saturated rings. The van der Waals surface area contributed by atoms with E-state index < -0.39 is 10.0 Å². The first-order valence-electron chi connectivity index (χ1n) is 7.99. The van der Waals surface area contributed by atoms with Crippen LogP contribution in [-0.2, 0) is 14.8 Å². The van der Waals surface area contributed by atoms with Crippen molar-refractivity contribution in [3.8, 4) is 11.1 Å². The molecule has 0 bridgehead atoms. The van der Waals surface area contributed by atoms with E-state index in [1.54, 1.807) is 24.5 Å². The van der Waals surface area contributed by atoms with Crippen LogP contribution in [0.4, 0.5) is 11.4 Å². The molecule has 132 valence electrons. The van der Waals surface area contributed by atoms with E-state index in [0.29, 0.717) is 16.8 Å². The highest BCUT2D eigenvalue weighted by atomic mass is 32.2. The number of carbonyl (C=O) groups is 1. The summed E-state index contributed by atoms with van der Waals surface area (Å²) < 4.78 is 24.1. The molecule has 3 rings (SSSR count). The van der Waals surface area contributed by atoms with Gasteiger partial charge < -0.3 is 10.2 Å². The van der Waals surface area contributed by atoms with Crippen LogP contribution in [0.2, 0.25) is 0 Å². The number of hydrogen-bond acceptors (Lipinski definition) is 5. The minimum absolute atomic E-state index is 0.0425. The Bertz CT molecular complexity index is 906. The first kappa shape index (κ1) is 17.4. The quantitative estimate of drug-likeness (QED) is 0.867. The number of amides is 1. The van der Waals surface area contributed by atoms with Crippen molar-refractivity contribution in [3.63, 3.8) is 0 Å². The highest BCUT2D eigenvalue weighted by Crippen LogP contribution is 2.31. The van der Waals surface area contributed by atoms with E-state index in [1.165, 1.54) is 13.0 Å². The number of anilines is 2. The lowest BCUT2D eigenvalue weighted by Crippen LogP contribution is -2.18. The molecule has 2 heterocycles. The second kappa shape index (κ2) is 6.81. The molecule has 8 heteroatoms. The molecule has 0 spiro atoms. The lowest BCUT2D eigenvalue weighted by Gasteiger charge is -2.18. The Morgan fingerprint density at radius 1 is 1.20 bits per heavy atom. The maximum Gasteiger partial charge on any atom is 0.238 e. The van der Waals surface area contributed by atoms with Gasteiger partial charge in [-0.15, -0.1) is 0 Å². The van der Waals surface area contributed by atoms with Gasteiger partial charge in [-0.25, -0.2) is 13.6 Å². The Kier molecular flexibility index (Phi) is 4.73. The van der Waals surface area contributed by atoms with Crippen LogP contribution in [0.1, 0.15) is 19.8 Å². The van der Waals surface area contributed by atoms with Crippen molar-refractivity contribution in [2.45, 2.75) is 24.7 Å². The van der Waals surface area contributed by atoms with Crippen LogP contribution in [-0.4, -0.2) is 32.4 Å². The van der Waals surface area contributed by atoms with Crippen molar-refractivity contribution in [1.29, 1.82) is 0 Å². The van der Waals surface area contributed by atoms with E-state index >= 15 is 0 Å². The number of primary sulfonamides is 1. The summed E-state index contributed by atoms with van der Waals surface area (Å²) in [5, 5.41) is 7.95. The number of carbonyl (C=O) groups excluding carboxylic acids is 1. The molecular weight excluding hydrogens is 340 g/mol. The Morgan fingerprint density at radius 2 is 1.92 bits per heavy atom. The number of nitrogens with zero attached hydrogens (tertiary/aromatic N) is 2. The molecule has 2 aromatic rings. The zero-order chi connectivity index (χ0) is 18.0. The van der Waals surface area contributed by atoms with Crippen molar-refractivity contribution in [3.05, 3.63) is 36.7 Å². The largest absolute Gasteiger partial charge is 0.370 e. The van der Waals surface area contributed by atoms with Crippen LogP contribution in [0.5, 0.6) is 0 Å². The predicted molar refractivity (Wildman–Crippen MR) is 96.8 cm³/mol. The highest BCUT2D eigenvalue weighted by molar-refractivity contribution is 7.89. The van der Waals surface area contributed by atoms with E-state index in [0.717, 1.165) is 31.6 Å². The summed E-state index contributed by atoms with van der Waals surface area (Å²) in [7, 11) is -3.96. The summed E-state index contributed by atoms with van der Waals surface area (Å²) in [5.41, 5.74) is 2.47. The molecule has 1 aliphatic heterocycles. The molecule has 0 saturated carbocycles. The number of hydrogen-bond donors (Lipinski definition) is 2. The number of rotatable bonds is 4. The topological polar surface area (TPSA) is 105 Å². The molecule has 1 amide bonds. The van der Waals surface area contributed by atoms with Gasteiger partial charge >= 0.3 is 0 Å². The smallest absolute Gasteiger partial charge is 0.238 e. The number of nitrogens with one attached hydrogen (secondary N) is 1. The van der Waals surface area contributed by atoms with Gasteiger partial charge in [0.05, 0.1) is 16.8 Å². The van der Waals surface area contributed by atoms with Gasteiger partial charge in [-0.3, -0.25) is 9.78 Å². The van der Waals surface area contributed by atoms with Gasteiger partial charge in [-0.05, 0) is 31.0 Å². The first-order chi connectivity index (χ1) is 11.8. The molecule has 1 saturated heterocycles. The molecule has 1 aromatic carbocycles. The van der Waals surface area contributed by atoms with Crippen LogP contribution in [0.3, 0.4) is 0 Å². The average molecular weight is 360 g/mol. The second-order valence-corrected chi connectivity index (χ2v) is 7.59. The molecule has 0 atom stereocenters. The van der Waals surface area contributed by atoms with E-state index in [-0.39, 0.29) is 10.8 Å². The summed E-state index contributed by atoms with van der Waals surface area (Å²) in [6.07, 6.45) is 5.66. The van der Waals surface area contributed by atoms with E-state index in [4.69, 9.17) is 5.14 Å². The summed E-state index contributed by atoms with van der Waals surface area (Å²) in [6, 6.07) is 6.57. The zero-order valence-corrected chi connectivity index (χ0v) is 14.7. The molecule has 0 unspecified atom stereocenters. The van der Waals surface area contributed by atoms with Crippen molar-refractivity contribution in [1.82, 2.24) is 4.98 Å². The van der Waals surface area contributed by atoms with Gasteiger partial charge in [0.1, 0.15) is 0 Å². The predicted octanol–water partition coefficient (Wildman–Crippen LogP) is 1.95. The summed E-state index contributed by atoms with van der Waals surface area (Å²) in [5.74, 6) is -0.286. The fourth-order valence-electron chi connectivity index (χ4n) is 3.00. The van der Waals surface area contributed by atoms with Crippen LogP contribution in [0, 0.1) is 0 Å². The third kappa shape index (κ3) is 3.97. The summed E-state index contributed by atoms with van der Waals surface area (Å²) in [4.78, 5) is 17.6. The van der Waals surface area contributed by atoms with Crippen molar-refractivity contribution >= 4 is 27.3 Å². The number of aromatic nitrogens is 1. The van der Waals surface area contributed by atoms with Gasteiger partial charge in [0, 0.05) is 43.0 Å². The maximum atomic E-state index is 12.0. The first-order valence-corrected chi connectivity index (χ1v) is 9.54. The molecule has 25 heavy (non-hydrogen) atoms. The van der Waals surface area contributed by atoms with Gasteiger partial charge in [-0.1, -0.05) is 6.07 Å². The molecule has 1 aromatic heterocycles. The third-order valence-electron chi connectivity index (χ3n) is 4.11. The highest BCUT2D eigenvalue weighted by Gasteiger charge is 2.19. The molecular formula is C17H20N4O3S. The number of pyridine rings is 1. The monoisotopic (exact) mass is 360 g/mol. The van der Waals surface area contributed by atoms with Gasteiger partial charge in [-0.2, -0.15) is 0 Å². The SMILES string of the molecule is CC(=O)Nc1ccc(-c2cncc(N3CCCC3)c2)c(S(N)(=O)=O)c1. The Hall–Kier alpha value is -2.45. The van der Waals surface area contributed by atoms with Gasteiger partial charge in [0.25, 0.3) is 0 Å². The minimum atomic E-state index is -3.96. The average Bonchev–Trinajstić information content (AvgIpc) is 3.08. The molecule has 1 aliphatic rings. The number of sulfonamides is 1. The zero-order valence-electron chi connectivity index (χ0n) is 13.9. The van der Waals surface area contributed by atoms with Crippen LogP contribution >= 0.6 is 0 Å². The minimum Gasteiger partial charge on any atom is -0.370 e. The van der Waals surface area contributed by atoms with Crippen LogP contribution in [0.25, 0.3) is 11.1 Å². The Morgan fingerprint density at radius 3 is 2.56 bits per heavy atom. The molecule has 7 nitrogen and oxygen atoms in total. The lowest BCUT2D eigenvalue weighted by atomic mass is 10.1. The van der Waals surface area contributed by atoms with Crippen LogP contribution in [0.15, 0.2) is 41.6 Å². The third-order valence-corrected chi connectivity index (χ3v) is 5.07. The van der Waals surface area contributed by atoms with E-state index in [9.17, 15) is 13.2 Å².